The summed E-state index contributed by atoms with van der Waals surface area (Å²) in [6.07, 6.45) is 3.62. The first kappa shape index (κ1) is 40.8. The van der Waals surface area contributed by atoms with Crippen LogP contribution in [0, 0.1) is 11.8 Å². The average molecular weight is 818 g/mol. The lowest BCUT2D eigenvalue weighted by atomic mass is 9.86. The molecule has 4 atom stereocenters. The molecule has 0 aromatic heterocycles. The number of rotatable bonds is 13. The first-order valence-electron chi connectivity index (χ1n) is 23.4. The average Bonchev–Trinajstić information content (AvgIpc) is 3.93. The van der Waals surface area contributed by atoms with Crippen molar-refractivity contribution in [1.29, 1.82) is 0 Å². The van der Waals surface area contributed by atoms with Crippen LogP contribution in [0.2, 0.25) is 0 Å². The standard InChI is InChI=1S/C57H63N5/c1-5-14-45(15-6-1)37-60-41-53(56(43-60)50-18-9-3-10-19-50)39-58-30-28-49(29-31-58)47-24-26-48(27-25-47)51-20-13-21-52(36-51)57-44-61(38-46-16-7-2-8-17-46)42-54(57)40-59-32-34-62(35-33-59)55-22-11-4-12-23-55/h1-28,36,53-54,56-57H,29-35,37-44H2/t53?,54?,56-,57-/m1/s1. The molecule has 0 radical (unpaired) electrons. The number of anilines is 1. The summed E-state index contributed by atoms with van der Waals surface area (Å²) in [4.78, 5) is 13.4. The maximum Gasteiger partial charge on any atom is 0.0367 e. The molecular weight excluding hydrogens is 755 g/mol. The maximum absolute atomic E-state index is 2.74. The third-order valence-corrected chi connectivity index (χ3v) is 14.4. The van der Waals surface area contributed by atoms with Crippen molar-refractivity contribution in [3.8, 4) is 11.1 Å². The highest BCUT2D eigenvalue weighted by atomic mass is 15.3. The van der Waals surface area contributed by atoms with Crippen molar-refractivity contribution >= 4 is 11.3 Å². The van der Waals surface area contributed by atoms with Gasteiger partial charge in [-0.05, 0) is 74.9 Å². The fraction of sp³-hybridized carbons (Fsp3) is 0.333. The zero-order chi connectivity index (χ0) is 41.5. The van der Waals surface area contributed by atoms with Gasteiger partial charge in [-0.15, -0.1) is 0 Å². The lowest BCUT2D eigenvalue weighted by Gasteiger charge is -2.38. The molecule has 0 N–H and O–H groups in total. The summed E-state index contributed by atoms with van der Waals surface area (Å²) in [7, 11) is 0. The Kier molecular flexibility index (Phi) is 12.7. The molecule has 316 valence electrons. The highest BCUT2D eigenvalue weighted by molar-refractivity contribution is 5.71. The second-order valence-electron chi connectivity index (χ2n) is 18.6. The minimum atomic E-state index is 0.513. The Morgan fingerprint density at radius 2 is 0.935 bits per heavy atom. The van der Waals surface area contributed by atoms with Crippen LogP contribution in [0.1, 0.15) is 46.1 Å². The van der Waals surface area contributed by atoms with Gasteiger partial charge in [-0.2, -0.15) is 0 Å². The van der Waals surface area contributed by atoms with Gasteiger partial charge in [-0.25, -0.2) is 0 Å². The van der Waals surface area contributed by atoms with Crippen LogP contribution >= 0.6 is 0 Å². The van der Waals surface area contributed by atoms with Crippen molar-refractivity contribution < 1.29 is 0 Å². The molecule has 2 unspecified atom stereocenters. The van der Waals surface area contributed by atoms with Gasteiger partial charge in [0, 0.05) is 109 Å². The summed E-state index contributed by atoms with van der Waals surface area (Å²) in [5, 5.41) is 0. The number of nitrogens with zero attached hydrogens (tertiary/aromatic N) is 5. The SMILES string of the molecule is C1=C(c2ccc(-c3cccc([C@H]4CN(Cc5ccccc5)CC4CN4CCN(c5ccccc5)CC4)c3)cc2)CCN(CC2CN(Cc3ccccc3)C[C@@H]2c2ccccc2)C1. The molecule has 5 heteroatoms. The number of para-hydroxylation sites is 1. The first-order chi connectivity index (χ1) is 30.7. The van der Waals surface area contributed by atoms with Crippen LogP contribution in [0.3, 0.4) is 0 Å². The molecule has 6 aromatic carbocycles. The normalized spacial score (nSPS) is 22.8. The molecule has 0 spiro atoms. The first-order valence-corrected chi connectivity index (χ1v) is 23.4. The van der Waals surface area contributed by atoms with Crippen LogP contribution < -0.4 is 4.90 Å². The third kappa shape index (κ3) is 9.83. The lowest BCUT2D eigenvalue weighted by Crippen LogP contribution is -2.48. The number of likely N-dealkylation sites (tertiary alicyclic amines) is 2. The van der Waals surface area contributed by atoms with E-state index in [9.17, 15) is 0 Å². The maximum atomic E-state index is 2.74. The topological polar surface area (TPSA) is 16.2 Å². The highest BCUT2D eigenvalue weighted by Gasteiger charge is 2.37. The van der Waals surface area contributed by atoms with Crippen molar-refractivity contribution in [1.82, 2.24) is 19.6 Å². The van der Waals surface area contributed by atoms with E-state index >= 15 is 0 Å². The molecular formula is C57H63N5. The molecule has 3 fully saturated rings. The second kappa shape index (κ2) is 19.4. The summed E-state index contributed by atoms with van der Waals surface area (Å²) in [6.45, 7) is 15.5. The van der Waals surface area contributed by atoms with E-state index in [0.717, 1.165) is 98.0 Å². The molecule has 5 nitrogen and oxygen atoms in total. The monoisotopic (exact) mass is 818 g/mol. The van der Waals surface area contributed by atoms with Gasteiger partial charge in [0.1, 0.15) is 0 Å². The van der Waals surface area contributed by atoms with Gasteiger partial charge in [0.2, 0.25) is 0 Å². The Balaban J connectivity index is 0.790. The zero-order valence-corrected chi connectivity index (χ0v) is 36.4. The number of hydrogen-bond acceptors (Lipinski definition) is 5. The molecule has 10 rings (SSSR count). The quantitative estimate of drug-likeness (QED) is 0.115. The summed E-state index contributed by atoms with van der Waals surface area (Å²) < 4.78 is 0. The van der Waals surface area contributed by atoms with E-state index in [2.05, 4.69) is 200 Å². The van der Waals surface area contributed by atoms with E-state index in [1.807, 2.05) is 0 Å². The van der Waals surface area contributed by atoms with E-state index < -0.39 is 0 Å². The minimum Gasteiger partial charge on any atom is -0.369 e. The van der Waals surface area contributed by atoms with Gasteiger partial charge >= 0.3 is 0 Å². The Labute approximate surface area is 370 Å². The summed E-state index contributed by atoms with van der Waals surface area (Å²) in [6, 6.07) is 63.3. The van der Waals surface area contributed by atoms with Gasteiger partial charge in [-0.3, -0.25) is 19.6 Å². The largest absolute Gasteiger partial charge is 0.369 e. The van der Waals surface area contributed by atoms with E-state index in [1.54, 1.807) is 0 Å². The van der Waals surface area contributed by atoms with Crippen molar-refractivity contribution in [3.63, 3.8) is 0 Å². The summed E-state index contributed by atoms with van der Waals surface area (Å²) in [5.74, 6) is 2.32. The van der Waals surface area contributed by atoms with E-state index in [4.69, 9.17) is 0 Å². The summed E-state index contributed by atoms with van der Waals surface area (Å²) >= 11 is 0. The number of hydrogen-bond donors (Lipinski definition) is 0. The van der Waals surface area contributed by atoms with Gasteiger partial charge in [-0.1, -0.05) is 164 Å². The van der Waals surface area contributed by atoms with Crippen LogP contribution in [-0.4, -0.2) is 98.1 Å². The van der Waals surface area contributed by atoms with Crippen molar-refractivity contribution in [2.24, 2.45) is 11.8 Å². The molecule has 4 heterocycles. The lowest BCUT2D eigenvalue weighted by molar-refractivity contribution is 0.209. The van der Waals surface area contributed by atoms with Crippen LogP contribution in [0.15, 0.2) is 176 Å². The van der Waals surface area contributed by atoms with E-state index in [0.29, 0.717) is 23.7 Å². The third-order valence-electron chi connectivity index (χ3n) is 14.4. The van der Waals surface area contributed by atoms with Crippen LogP contribution in [0.25, 0.3) is 16.7 Å². The molecule has 0 aliphatic carbocycles. The molecule has 3 saturated heterocycles. The molecule has 0 bridgehead atoms. The van der Waals surface area contributed by atoms with Crippen molar-refractivity contribution in [3.05, 3.63) is 204 Å². The predicted molar refractivity (Wildman–Crippen MR) is 258 cm³/mol. The van der Waals surface area contributed by atoms with Gasteiger partial charge < -0.3 is 4.90 Å². The Hall–Kier alpha value is -5.30. The summed E-state index contributed by atoms with van der Waals surface area (Å²) in [5.41, 5.74) is 12.7. The van der Waals surface area contributed by atoms with Crippen molar-refractivity contribution in [2.45, 2.75) is 31.3 Å². The van der Waals surface area contributed by atoms with Crippen LogP contribution in [0.4, 0.5) is 5.69 Å². The molecule has 0 amide bonds. The van der Waals surface area contributed by atoms with Gasteiger partial charge in [0.25, 0.3) is 0 Å². The zero-order valence-electron chi connectivity index (χ0n) is 36.4. The second-order valence-corrected chi connectivity index (χ2v) is 18.6. The minimum absolute atomic E-state index is 0.513. The Bertz CT molecular complexity index is 2340. The fourth-order valence-electron chi connectivity index (χ4n) is 11.1. The molecule has 0 saturated carbocycles. The number of benzene rings is 6. The van der Waals surface area contributed by atoms with Gasteiger partial charge in [0.05, 0.1) is 0 Å². The predicted octanol–water partition coefficient (Wildman–Crippen LogP) is 10.4. The molecule has 4 aliphatic rings. The number of piperazine rings is 1. The van der Waals surface area contributed by atoms with Crippen LogP contribution in [0.5, 0.6) is 0 Å². The smallest absolute Gasteiger partial charge is 0.0367 e. The van der Waals surface area contributed by atoms with Crippen molar-refractivity contribution in [2.75, 3.05) is 83.4 Å². The molecule has 6 aromatic rings. The van der Waals surface area contributed by atoms with E-state index in [-0.39, 0.29) is 0 Å². The molecule has 62 heavy (non-hydrogen) atoms. The van der Waals surface area contributed by atoms with Crippen LogP contribution in [-0.2, 0) is 13.1 Å². The highest BCUT2D eigenvalue weighted by Crippen LogP contribution is 2.38. The Morgan fingerprint density at radius 3 is 1.53 bits per heavy atom. The van der Waals surface area contributed by atoms with Gasteiger partial charge in [0.15, 0.2) is 0 Å². The fourth-order valence-corrected chi connectivity index (χ4v) is 11.1. The molecule has 4 aliphatic heterocycles. The Morgan fingerprint density at radius 1 is 0.403 bits per heavy atom. The van der Waals surface area contributed by atoms with E-state index in [1.165, 1.54) is 50.2 Å².